The van der Waals surface area contributed by atoms with Gasteiger partial charge in [-0.2, -0.15) is 13.2 Å². The third-order valence-corrected chi connectivity index (χ3v) is 9.13. The summed E-state index contributed by atoms with van der Waals surface area (Å²) in [4.78, 5) is 0. The maximum Gasteiger partial charge on any atom is 0.416 e. The third-order valence-electron chi connectivity index (χ3n) is 9.13. The molecule has 1 heterocycles. The normalized spacial score (nSPS) is 11.9. The zero-order chi connectivity index (χ0) is 46.7. The summed E-state index contributed by atoms with van der Waals surface area (Å²) in [6.45, 7) is 0.568. The topological polar surface area (TPSA) is 3.88 Å². The molecule has 0 saturated carbocycles. The second-order valence-electron chi connectivity index (χ2n) is 12.5. The molecule has 5 aromatic carbocycles. The van der Waals surface area contributed by atoms with E-state index >= 15 is 35.1 Å². The van der Waals surface area contributed by atoms with Crippen molar-refractivity contribution in [3.8, 4) is 0 Å². The fourth-order valence-electron chi connectivity index (χ4n) is 6.42. The molecule has 1 aromatic heterocycles. The quantitative estimate of drug-likeness (QED) is 0.0518. The van der Waals surface area contributed by atoms with Crippen LogP contribution in [-0.4, -0.2) is 6.15 Å². The Morgan fingerprint density at radius 3 is 0.774 bits per heavy atom. The second kappa shape index (κ2) is 16.9. The molecule has 0 amide bonds. The molecular formula is C37H11BF23N. The van der Waals surface area contributed by atoms with Gasteiger partial charge in [0.15, 0.2) is 88.7 Å². The summed E-state index contributed by atoms with van der Waals surface area (Å²) in [6.07, 6.45) is -8.61. The van der Waals surface area contributed by atoms with Crippen LogP contribution in [0.25, 0.3) is 0 Å². The van der Waals surface area contributed by atoms with Crippen LogP contribution in [0.1, 0.15) is 11.1 Å². The van der Waals surface area contributed by atoms with Gasteiger partial charge < -0.3 is 0 Å². The average Bonchev–Trinajstić information content (AvgIpc) is 3.24. The minimum atomic E-state index is -7.22. The lowest BCUT2D eigenvalue weighted by Crippen LogP contribution is -2.81. The monoisotopic (exact) mass is 917 g/mol. The summed E-state index contributed by atoms with van der Waals surface area (Å²) in [5, 5.41) is 0. The number of nitrogens with zero attached hydrogens (tertiary/aromatic N) is 1. The van der Waals surface area contributed by atoms with Crippen LogP contribution in [0, 0.1) is 116 Å². The van der Waals surface area contributed by atoms with Gasteiger partial charge in [-0.3, -0.25) is 0 Å². The van der Waals surface area contributed by atoms with E-state index in [9.17, 15) is 65.9 Å². The number of hydrogen-bond acceptors (Lipinski definition) is 0. The summed E-state index contributed by atoms with van der Waals surface area (Å²) < 4.78 is 333. The van der Waals surface area contributed by atoms with Gasteiger partial charge in [0, 0.05) is 17.7 Å². The Kier molecular flexibility index (Phi) is 12.7. The Balaban J connectivity index is 0.000000355. The van der Waals surface area contributed by atoms with E-state index in [0.29, 0.717) is 6.54 Å². The van der Waals surface area contributed by atoms with Gasteiger partial charge in [-0.1, -0.05) is 30.3 Å². The van der Waals surface area contributed by atoms with Crippen molar-refractivity contribution in [2.24, 2.45) is 0 Å². The minimum Gasteiger partial charge on any atom is -0.207 e. The zero-order valence-corrected chi connectivity index (χ0v) is 29.1. The first kappa shape index (κ1) is 46.8. The summed E-state index contributed by atoms with van der Waals surface area (Å²) in [5.74, 6) is -71.4. The zero-order valence-electron chi connectivity index (χ0n) is 29.1. The molecule has 1 nitrogen and oxygen atoms in total. The lowest BCUT2D eigenvalue weighted by atomic mass is 9.12. The van der Waals surface area contributed by atoms with E-state index < -0.39 is 156 Å². The van der Waals surface area contributed by atoms with Crippen LogP contribution in [0.5, 0.6) is 0 Å². The van der Waals surface area contributed by atoms with Gasteiger partial charge in [-0.25, -0.2) is 92.4 Å². The van der Waals surface area contributed by atoms with Gasteiger partial charge in [-0.15, -0.1) is 21.9 Å². The van der Waals surface area contributed by atoms with Crippen LogP contribution in [0.4, 0.5) is 101 Å². The first-order chi connectivity index (χ1) is 28.8. The van der Waals surface area contributed by atoms with Crippen LogP contribution < -0.4 is 26.4 Å². The highest BCUT2D eigenvalue weighted by atomic mass is 19.4. The molecule has 0 fully saturated rings. The molecule has 0 aliphatic rings. The molecule has 0 N–H and O–H groups in total. The third kappa shape index (κ3) is 7.43. The molecule has 0 aliphatic heterocycles. The fourth-order valence-corrected chi connectivity index (χ4v) is 6.42. The lowest BCUT2D eigenvalue weighted by Gasteiger charge is -2.44. The van der Waals surface area contributed by atoms with Crippen LogP contribution in [-0.2, 0) is 12.7 Å². The first-order valence-electron chi connectivity index (χ1n) is 16.1. The second-order valence-corrected chi connectivity index (χ2v) is 12.5. The standard InChI is InChI=1S/C24BF20.C13H11F3N/c26-5-1(6(27)14(35)21(42)13(5)34)25(2-7(28)15(36)22(43)16(37)8(2)29,3-9(30)17(38)23(44)18(39)10(3)31)4-11(32)19(40)24(45)20(41)12(4)33;14-13(15,16)12-6-8-17(9-7-12)10-11-4-2-1-3-5-11/h;1-9H,10H2/q-1;+1. The number of alkyl halides is 3. The van der Waals surface area contributed by atoms with E-state index in [1.54, 1.807) is 4.57 Å². The van der Waals surface area contributed by atoms with Gasteiger partial charge >= 0.3 is 6.18 Å². The molecular weight excluding hydrogens is 906 g/mol. The summed E-state index contributed by atoms with van der Waals surface area (Å²) in [6, 6.07) is 11.8. The number of rotatable bonds is 6. The van der Waals surface area contributed by atoms with Gasteiger partial charge in [0.1, 0.15) is 52.7 Å². The van der Waals surface area contributed by atoms with E-state index in [0.717, 1.165) is 17.7 Å². The molecule has 0 radical (unpaired) electrons. The van der Waals surface area contributed by atoms with Gasteiger partial charge in [0.25, 0.3) is 0 Å². The maximum absolute atomic E-state index is 15.4. The molecule has 0 aliphatic carbocycles. The maximum atomic E-state index is 15.4. The predicted octanol–water partition coefficient (Wildman–Crippen LogP) is 8.89. The molecule has 0 bridgehead atoms. The molecule has 0 saturated heterocycles. The number of hydrogen-bond donors (Lipinski definition) is 0. The Labute approximate surface area is 328 Å². The van der Waals surface area contributed by atoms with Crippen molar-refractivity contribution in [3.05, 3.63) is 182 Å². The molecule has 62 heavy (non-hydrogen) atoms. The Morgan fingerprint density at radius 1 is 0.323 bits per heavy atom. The van der Waals surface area contributed by atoms with E-state index in [4.69, 9.17) is 0 Å². The van der Waals surface area contributed by atoms with E-state index in [1.807, 2.05) is 30.3 Å². The van der Waals surface area contributed by atoms with Crippen LogP contribution in [0.3, 0.4) is 0 Å². The molecule has 0 spiro atoms. The van der Waals surface area contributed by atoms with Crippen molar-refractivity contribution in [1.82, 2.24) is 0 Å². The predicted molar refractivity (Wildman–Crippen MR) is 166 cm³/mol. The summed E-state index contributed by atoms with van der Waals surface area (Å²) in [7, 11) is 0. The highest BCUT2D eigenvalue weighted by Crippen LogP contribution is 2.31. The van der Waals surface area contributed by atoms with Gasteiger partial charge in [-0.05, 0) is 0 Å². The van der Waals surface area contributed by atoms with Gasteiger partial charge in [0.2, 0.25) is 0 Å². The molecule has 328 valence electrons. The van der Waals surface area contributed by atoms with Crippen LogP contribution in [0.2, 0.25) is 0 Å². The van der Waals surface area contributed by atoms with Crippen LogP contribution in [0.15, 0.2) is 54.9 Å². The SMILES string of the molecule is FC(F)(F)c1cc[n+](Cc2ccccc2)cc1.Fc1c(F)c(F)c([B-](c2c(F)c(F)c(F)c(F)c2F)(c2c(F)c(F)c(F)c(F)c2F)c2c(F)c(F)c(F)c(F)c2F)c(F)c1F. The average molecular weight is 917 g/mol. The van der Waals surface area contributed by atoms with Crippen molar-refractivity contribution in [1.29, 1.82) is 0 Å². The Morgan fingerprint density at radius 2 is 0.548 bits per heavy atom. The van der Waals surface area contributed by atoms with Crippen molar-refractivity contribution in [3.63, 3.8) is 0 Å². The largest absolute Gasteiger partial charge is 0.416 e. The number of benzene rings is 5. The first-order valence-corrected chi connectivity index (χ1v) is 16.1. The molecule has 6 rings (SSSR count). The number of aromatic nitrogens is 1. The van der Waals surface area contributed by atoms with Gasteiger partial charge in [0.05, 0.1) is 5.56 Å². The number of halogens is 23. The van der Waals surface area contributed by atoms with Crippen molar-refractivity contribution < 1.29 is 106 Å². The van der Waals surface area contributed by atoms with Crippen molar-refractivity contribution >= 4 is 28.0 Å². The lowest BCUT2D eigenvalue weighted by molar-refractivity contribution is -0.688. The summed E-state index contributed by atoms with van der Waals surface area (Å²) in [5.41, 5.74) is -13.9. The molecule has 6 aromatic rings. The smallest absolute Gasteiger partial charge is 0.207 e. The summed E-state index contributed by atoms with van der Waals surface area (Å²) >= 11 is 0. The Hall–Kier alpha value is -6.30. The highest BCUT2D eigenvalue weighted by Gasteiger charge is 2.52. The molecule has 0 atom stereocenters. The van der Waals surface area contributed by atoms with Crippen molar-refractivity contribution in [2.45, 2.75) is 12.7 Å². The Bertz CT molecular complexity index is 2360. The van der Waals surface area contributed by atoms with E-state index in [2.05, 4.69) is 0 Å². The van der Waals surface area contributed by atoms with E-state index in [1.165, 1.54) is 12.4 Å². The number of pyridine rings is 1. The highest BCUT2D eigenvalue weighted by molar-refractivity contribution is 7.20. The van der Waals surface area contributed by atoms with Crippen molar-refractivity contribution in [2.75, 3.05) is 0 Å². The molecule has 0 unspecified atom stereocenters. The van der Waals surface area contributed by atoms with Crippen LogP contribution >= 0.6 is 0 Å². The molecule has 25 heteroatoms. The van der Waals surface area contributed by atoms with E-state index in [-0.39, 0.29) is 0 Å². The minimum absolute atomic E-state index is 0.568. The fraction of sp³-hybridized carbons (Fsp3) is 0.0541.